The summed E-state index contributed by atoms with van der Waals surface area (Å²) in [6.07, 6.45) is 7.23. The Balaban J connectivity index is 1.77. The molecule has 1 heterocycles. The first kappa shape index (κ1) is 19.7. The summed E-state index contributed by atoms with van der Waals surface area (Å²) in [7, 11) is 1.66. The summed E-state index contributed by atoms with van der Waals surface area (Å²) in [6.45, 7) is 3.42. The number of amides is 2. The Morgan fingerprint density at radius 3 is 2.74 bits per heavy atom. The van der Waals surface area contributed by atoms with Crippen molar-refractivity contribution < 1.29 is 14.3 Å². The molecule has 1 saturated carbocycles. The Morgan fingerprint density at radius 2 is 2.04 bits per heavy atom. The van der Waals surface area contributed by atoms with Gasteiger partial charge in [-0.25, -0.2) is 0 Å². The van der Waals surface area contributed by atoms with Crippen molar-refractivity contribution in [1.29, 1.82) is 0 Å². The number of carbonyl (C=O) groups is 2. The predicted molar refractivity (Wildman–Crippen MR) is 106 cm³/mol. The molecule has 0 aromatic heterocycles. The van der Waals surface area contributed by atoms with Crippen molar-refractivity contribution in [1.82, 2.24) is 10.2 Å². The maximum absolute atomic E-state index is 13.7. The standard InChI is InChI=1S/C22H32N2O3/c1-3-8-20(25)23-18-10-7-14-24(16-18)21(26)22(12-4-5-13-22)17-9-6-11-19(15-17)27-2/h6,9,11,15,18H,3-5,7-8,10,12-14,16H2,1-2H3,(H,23,25). The highest BCUT2D eigenvalue weighted by atomic mass is 16.5. The second kappa shape index (κ2) is 8.77. The van der Waals surface area contributed by atoms with E-state index in [1.807, 2.05) is 30.0 Å². The molecule has 148 valence electrons. The molecule has 2 amide bonds. The van der Waals surface area contributed by atoms with Crippen LogP contribution in [-0.4, -0.2) is 43.0 Å². The lowest BCUT2D eigenvalue weighted by Gasteiger charge is -2.39. The number of hydrogen-bond donors (Lipinski definition) is 1. The lowest BCUT2D eigenvalue weighted by atomic mass is 9.77. The van der Waals surface area contributed by atoms with Crippen LogP contribution in [0.1, 0.15) is 63.9 Å². The van der Waals surface area contributed by atoms with Gasteiger partial charge in [0, 0.05) is 25.6 Å². The minimum absolute atomic E-state index is 0.0745. The molecule has 5 nitrogen and oxygen atoms in total. The van der Waals surface area contributed by atoms with Crippen LogP contribution in [0.25, 0.3) is 0 Å². The molecule has 3 rings (SSSR count). The van der Waals surface area contributed by atoms with E-state index < -0.39 is 5.41 Å². The number of nitrogens with one attached hydrogen (secondary N) is 1. The first-order valence-electron chi connectivity index (χ1n) is 10.3. The number of likely N-dealkylation sites (tertiary alicyclic amines) is 1. The molecular formula is C22H32N2O3. The van der Waals surface area contributed by atoms with Gasteiger partial charge in [0.1, 0.15) is 5.75 Å². The van der Waals surface area contributed by atoms with Gasteiger partial charge in [0.15, 0.2) is 0 Å². The van der Waals surface area contributed by atoms with E-state index in [2.05, 4.69) is 11.4 Å². The number of hydrogen-bond acceptors (Lipinski definition) is 3. The minimum Gasteiger partial charge on any atom is -0.497 e. The minimum atomic E-state index is -0.441. The van der Waals surface area contributed by atoms with E-state index in [4.69, 9.17) is 4.74 Å². The first-order valence-corrected chi connectivity index (χ1v) is 10.3. The fraction of sp³-hybridized carbons (Fsp3) is 0.636. The van der Waals surface area contributed by atoms with E-state index in [1.54, 1.807) is 7.11 Å². The van der Waals surface area contributed by atoms with Crippen LogP contribution in [-0.2, 0) is 15.0 Å². The highest BCUT2D eigenvalue weighted by molar-refractivity contribution is 5.89. The molecule has 0 spiro atoms. The highest BCUT2D eigenvalue weighted by Crippen LogP contribution is 2.43. The Labute approximate surface area is 162 Å². The molecule has 5 heteroatoms. The summed E-state index contributed by atoms with van der Waals surface area (Å²) in [4.78, 5) is 27.6. The molecule has 2 fully saturated rings. The average Bonchev–Trinajstić information content (AvgIpc) is 3.19. The number of methoxy groups -OCH3 is 1. The zero-order valence-corrected chi connectivity index (χ0v) is 16.6. The molecule has 1 aliphatic carbocycles. The summed E-state index contributed by atoms with van der Waals surface area (Å²) in [6, 6.07) is 8.07. The average molecular weight is 373 g/mol. The van der Waals surface area contributed by atoms with Gasteiger partial charge in [-0.2, -0.15) is 0 Å². The molecule has 27 heavy (non-hydrogen) atoms. The van der Waals surface area contributed by atoms with Crippen LogP contribution in [0.4, 0.5) is 0 Å². The number of rotatable bonds is 6. The second-order valence-electron chi connectivity index (χ2n) is 7.93. The third kappa shape index (κ3) is 4.28. The third-order valence-electron chi connectivity index (χ3n) is 6.04. The summed E-state index contributed by atoms with van der Waals surface area (Å²) >= 11 is 0. The van der Waals surface area contributed by atoms with Crippen LogP contribution in [0.3, 0.4) is 0 Å². The molecule has 1 aliphatic heterocycles. The molecule has 1 aromatic carbocycles. The van der Waals surface area contributed by atoms with Gasteiger partial charge in [0.05, 0.1) is 12.5 Å². The monoisotopic (exact) mass is 372 g/mol. The molecule has 0 radical (unpaired) electrons. The zero-order chi connectivity index (χ0) is 19.3. The first-order chi connectivity index (χ1) is 13.1. The van der Waals surface area contributed by atoms with Crippen LogP contribution in [0.15, 0.2) is 24.3 Å². The zero-order valence-electron chi connectivity index (χ0n) is 16.6. The van der Waals surface area contributed by atoms with Crippen LogP contribution < -0.4 is 10.1 Å². The van der Waals surface area contributed by atoms with E-state index in [0.29, 0.717) is 13.0 Å². The fourth-order valence-electron chi connectivity index (χ4n) is 4.63. The maximum Gasteiger partial charge on any atom is 0.233 e. The van der Waals surface area contributed by atoms with E-state index in [0.717, 1.165) is 62.8 Å². The molecule has 1 aromatic rings. The molecule has 1 N–H and O–H groups in total. The molecule has 2 aliphatic rings. The maximum atomic E-state index is 13.7. The SMILES string of the molecule is CCCC(=O)NC1CCCN(C(=O)C2(c3cccc(OC)c3)CCCC2)C1. The van der Waals surface area contributed by atoms with E-state index in [9.17, 15) is 9.59 Å². The van der Waals surface area contributed by atoms with Gasteiger partial charge >= 0.3 is 0 Å². The van der Waals surface area contributed by atoms with Crippen LogP contribution in [0.5, 0.6) is 5.75 Å². The van der Waals surface area contributed by atoms with E-state index in [-0.39, 0.29) is 17.9 Å². The van der Waals surface area contributed by atoms with Crippen molar-refractivity contribution in [2.24, 2.45) is 0 Å². The molecule has 1 atom stereocenters. The van der Waals surface area contributed by atoms with Gasteiger partial charge in [-0.3, -0.25) is 9.59 Å². The van der Waals surface area contributed by atoms with Crippen molar-refractivity contribution in [2.75, 3.05) is 20.2 Å². The topological polar surface area (TPSA) is 58.6 Å². The number of carbonyl (C=O) groups excluding carboxylic acids is 2. The summed E-state index contributed by atoms with van der Waals surface area (Å²) in [5, 5.41) is 3.11. The van der Waals surface area contributed by atoms with Gasteiger partial charge in [-0.05, 0) is 49.8 Å². The Hall–Kier alpha value is -2.04. The quantitative estimate of drug-likeness (QED) is 0.832. The number of benzene rings is 1. The lowest BCUT2D eigenvalue weighted by Crippen LogP contribution is -2.54. The van der Waals surface area contributed by atoms with E-state index in [1.165, 1.54) is 0 Å². The Bertz CT molecular complexity index is 667. The largest absolute Gasteiger partial charge is 0.497 e. The van der Waals surface area contributed by atoms with Crippen molar-refractivity contribution >= 4 is 11.8 Å². The van der Waals surface area contributed by atoms with Crippen LogP contribution >= 0.6 is 0 Å². The molecule has 1 saturated heterocycles. The van der Waals surface area contributed by atoms with Crippen molar-refractivity contribution in [3.63, 3.8) is 0 Å². The lowest BCUT2D eigenvalue weighted by molar-refractivity contribution is -0.139. The summed E-state index contributed by atoms with van der Waals surface area (Å²) in [5.41, 5.74) is 0.630. The highest BCUT2D eigenvalue weighted by Gasteiger charge is 2.45. The predicted octanol–water partition coefficient (Wildman–Crippen LogP) is 3.41. The Kier molecular flexibility index (Phi) is 6.40. The molecule has 1 unspecified atom stereocenters. The van der Waals surface area contributed by atoms with E-state index >= 15 is 0 Å². The van der Waals surface area contributed by atoms with Crippen molar-refractivity contribution in [2.45, 2.75) is 69.7 Å². The number of piperidine rings is 1. The smallest absolute Gasteiger partial charge is 0.233 e. The van der Waals surface area contributed by atoms with Gasteiger partial charge in [0.2, 0.25) is 11.8 Å². The van der Waals surface area contributed by atoms with Crippen LogP contribution in [0.2, 0.25) is 0 Å². The summed E-state index contributed by atoms with van der Waals surface area (Å²) in [5.74, 6) is 1.12. The van der Waals surface area contributed by atoms with Crippen molar-refractivity contribution in [3.05, 3.63) is 29.8 Å². The number of nitrogens with zero attached hydrogens (tertiary/aromatic N) is 1. The molecule has 0 bridgehead atoms. The van der Waals surface area contributed by atoms with Gasteiger partial charge < -0.3 is 15.0 Å². The fourth-order valence-corrected chi connectivity index (χ4v) is 4.63. The third-order valence-corrected chi connectivity index (χ3v) is 6.04. The Morgan fingerprint density at radius 1 is 1.26 bits per heavy atom. The van der Waals surface area contributed by atoms with Gasteiger partial charge in [-0.1, -0.05) is 31.9 Å². The van der Waals surface area contributed by atoms with Crippen molar-refractivity contribution in [3.8, 4) is 5.75 Å². The van der Waals surface area contributed by atoms with Gasteiger partial charge in [-0.15, -0.1) is 0 Å². The summed E-state index contributed by atoms with van der Waals surface area (Å²) < 4.78 is 5.40. The normalized spacial score (nSPS) is 21.7. The second-order valence-corrected chi connectivity index (χ2v) is 7.93. The number of ether oxygens (including phenoxy) is 1. The van der Waals surface area contributed by atoms with Gasteiger partial charge in [0.25, 0.3) is 0 Å². The molecular weight excluding hydrogens is 340 g/mol. The van der Waals surface area contributed by atoms with Crippen LogP contribution in [0, 0.1) is 0 Å².